The highest BCUT2D eigenvalue weighted by molar-refractivity contribution is 5.89. The molecule has 1 N–H and O–H groups in total. The second kappa shape index (κ2) is 9.33. The zero-order valence-electron chi connectivity index (χ0n) is 20.1. The van der Waals surface area contributed by atoms with E-state index in [0.717, 1.165) is 67.5 Å². The molecule has 1 aliphatic heterocycles. The number of carboxylic acid groups (broad SMARTS) is 1. The van der Waals surface area contributed by atoms with E-state index in [2.05, 4.69) is 56.7 Å². The van der Waals surface area contributed by atoms with Crippen LogP contribution in [0.25, 0.3) is 16.8 Å². The second-order valence-corrected chi connectivity index (χ2v) is 9.57. The van der Waals surface area contributed by atoms with Crippen molar-refractivity contribution < 1.29 is 14.6 Å². The molecule has 184 valence electrons. The molecule has 0 spiro atoms. The average Bonchev–Trinajstić information content (AvgIpc) is 3.34. The van der Waals surface area contributed by atoms with E-state index in [9.17, 15) is 9.90 Å². The molecule has 2 aromatic carbocycles. The highest BCUT2D eigenvalue weighted by atomic mass is 16.5. The number of carbonyl (C=O) groups is 1. The van der Waals surface area contributed by atoms with Crippen LogP contribution in [0.1, 0.15) is 45.6 Å². The molecule has 9 heteroatoms. The van der Waals surface area contributed by atoms with Gasteiger partial charge < -0.3 is 9.84 Å². The van der Waals surface area contributed by atoms with Crippen molar-refractivity contribution in [1.82, 2.24) is 29.7 Å². The molecule has 0 bridgehead atoms. The minimum atomic E-state index is -0.965. The van der Waals surface area contributed by atoms with Gasteiger partial charge in [0.25, 0.3) is 0 Å². The SMILES string of the molecule is Cn1cc([C@@H]2C[C@H]2c2c(C(=O)O)cnn2-c2cccc(-c3cccc(CN4CCOCC4)c3)c2)nn1. The predicted molar refractivity (Wildman–Crippen MR) is 133 cm³/mol. The molecule has 2 aromatic heterocycles. The molecule has 1 saturated carbocycles. The lowest BCUT2D eigenvalue weighted by Crippen LogP contribution is -2.35. The number of hydrogen-bond acceptors (Lipinski definition) is 6. The summed E-state index contributed by atoms with van der Waals surface area (Å²) < 4.78 is 8.93. The molecule has 6 rings (SSSR count). The van der Waals surface area contributed by atoms with Crippen LogP contribution in [0.2, 0.25) is 0 Å². The summed E-state index contributed by atoms with van der Waals surface area (Å²) in [4.78, 5) is 14.4. The van der Waals surface area contributed by atoms with Crippen molar-refractivity contribution in [3.8, 4) is 16.8 Å². The first kappa shape index (κ1) is 22.6. The molecule has 4 aromatic rings. The fourth-order valence-electron chi connectivity index (χ4n) is 5.13. The molecule has 2 aliphatic rings. The molecule has 2 fully saturated rings. The van der Waals surface area contributed by atoms with Crippen LogP contribution in [-0.2, 0) is 18.3 Å². The van der Waals surface area contributed by atoms with Crippen LogP contribution in [-0.4, -0.2) is 67.1 Å². The van der Waals surface area contributed by atoms with E-state index in [1.807, 2.05) is 25.4 Å². The fraction of sp³-hybridized carbons (Fsp3) is 0.333. The maximum atomic E-state index is 12.0. The predicted octanol–water partition coefficient (Wildman–Crippen LogP) is 3.47. The van der Waals surface area contributed by atoms with Crippen LogP contribution in [0.15, 0.2) is 60.9 Å². The largest absolute Gasteiger partial charge is 0.478 e. The van der Waals surface area contributed by atoms with Crippen LogP contribution in [0, 0.1) is 0 Å². The lowest BCUT2D eigenvalue weighted by atomic mass is 10.0. The third-order valence-corrected chi connectivity index (χ3v) is 7.04. The molecule has 3 heterocycles. The highest BCUT2D eigenvalue weighted by Gasteiger charge is 2.46. The minimum Gasteiger partial charge on any atom is -0.478 e. The van der Waals surface area contributed by atoms with Crippen molar-refractivity contribution in [2.75, 3.05) is 26.3 Å². The quantitative estimate of drug-likeness (QED) is 0.429. The van der Waals surface area contributed by atoms with Gasteiger partial charge in [0.2, 0.25) is 0 Å². The van der Waals surface area contributed by atoms with Gasteiger partial charge in [0.1, 0.15) is 5.56 Å². The number of ether oxygens (including phenoxy) is 1. The Morgan fingerprint density at radius 3 is 2.61 bits per heavy atom. The zero-order chi connectivity index (χ0) is 24.6. The zero-order valence-corrected chi connectivity index (χ0v) is 20.1. The van der Waals surface area contributed by atoms with Crippen LogP contribution >= 0.6 is 0 Å². The third-order valence-electron chi connectivity index (χ3n) is 7.04. The van der Waals surface area contributed by atoms with E-state index in [-0.39, 0.29) is 17.4 Å². The van der Waals surface area contributed by atoms with Gasteiger partial charge in [-0.15, -0.1) is 5.10 Å². The minimum absolute atomic E-state index is 0.0378. The lowest BCUT2D eigenvalue weighted by Gasteiger charge is -2.26. The Hall–Kier alpha value is -3.82. The Labute approximate surface area is 208 Å². The van der Waals surface area contributed by atoms with Gasteiger partial charge in [-0.3, -0.25) is 9.58 Å². The molecular weight excluding hydrogens is 456 g/mol. The van der Waals surface area contributed by atoms with Crippen molar-refractivity contribution in [1.29, 1.82) is 0 Å². The highest BCUT2D eigenvalue weighted by Crippen LogP contribution is 2.55. The number of aryl methyl sites for hydroxylation is 1. The average molecular weight is 485 g/mol. The van der Waals surface area contributed by atoms with E-state index in [1.165, 1.54) is 11.8 Å². The number of benzene rings is 2. The molecule has 36 heavy (non-hydrogen) atoms. The van der Waals surface area contributed by atoms with E-state index in [1.54, 1.807) is 9.36 Å². The summed E-state index contributed by atoms with van der Waals surface area (Å²) in [5, 5.41) is 22.7. The topological polar surface area (TPSA) is 98.3 Å². The van der Waals surface area contributed by atoms with Gasteiger partial charge in [-0.25, -0.2) is 9.48 Å². The van der Waals surface area contributed by atoms with Gasteiger partial charge in [-0.05, 0) is 41.3 Å². The molecule has 9 nitrogen and oxygen atoms in total. The number of aromatic nitrogens is 5. The van der Waals surface area contributed by atoms with Crippen molar-refractivity contribution in [2.24, 2.45) is 7.05 Å². The number of hydrogen-bond donors (Lipinski definition) is 1. The van der Waals surface area contributed by atoms with Crippen molar-refractivity contribution >= 4 is 5.97 Å². The van der Waals surface area contributed by atoms with Gasteiger partial charge in [0.05, 0.1) is 36.5 Å². The standard InChI is InChI=1S/C27H28N6O3/c1-31-17-25(29-30-31)22-14-23(22)26-24(27(34)35)15-28-33(26)21-7-3-6-20(13-21)19-5-2-4-18(12-19)16-32-8-10-36-11-9-32/h2-7,12-13,15,17,22-23H,8-11,14,16H2,1H3,(H,34,35)/t22-,23-/m1/s1. The smallest absolute Gasteiger partial charge is 0.339 e. The van der Waals surface area contributed by atoms with Gasteiger partial charge in [0, 0.05) is 44.7 Å². The van der Waals surface area contributed by atoms with E-state index in [4.69, 9.17) is 4.74 Å². The Morgan fingerprint density at radius 2 is 1.86 bits per heavy atom. The van der Waals surface area contributed by atoms with Gasteiger partial charge in [-0.1, -0.05) is 35.5 Å². The second-order valence-electron chi connectivity index (χ2n) is 9.57. The molecule has 2 atom stereocenters. The molecule has 0 radical (unpaired) electrons. The fourth-order valence-corrected chi connectivity index (χ4v) is 5.13. The number of nitrogens with zero attached hydrogens (tertiary/aromatic N) is 6. The van der Waals surface area contributed by atoms with Crippen LogP contribution in [0.3, 0.4) is 0 Å². The summed E-state index contributed by atoms with van der Waals surface area (Å²) in [6, 6.07) is 16.7. The number of aromatic carboxylic acids is 1. The van der Waals surface area contributed by atoms with E-state index < -0.39 is 5.97 Å². The normalized spacial score (nSPS) is 19.9. The Kier molecular flexibility index (Phi) is 5.86. The van der Waals surface area contributed by atoms with E-state index in [0.29, 0.717) is 0 Å². The molecule has 1 saturated heterocycles. The van der Waals surface area contributed by atoms with Gasteiger partial charge in [0.15, 0.2) is 0 Å². The Balaban J connectivity index is 1.31. The van der Waals surface area contributed by atoms with Crippen molar-refractivity contribution in [3.05, 3.63) is 83.4 Å². The number of rotatable bonds is 7. The molecule has 1 aliphatic carbocycles. The molecule has 0 unspecified atom stereocenters. The monoisotopic (exact) mass is 484 g/mol. The first-order valence-corrected chi connectivity index (χ1v) is 12.2. The van der Waals surface area contributed by atoms with Crippen LogP contribution in [0.4, 0.5) is 0 Å². The lowest BCUT2D eigenvalue weighted by molar-refractivity contribution is 0.0342. The first-order chi connectivity index (χ1) is 17.6. The number of morpholine rings is 1. The summed E-state index contributed by atoms with van der Waals surface area (Å²) in [5.74, 6) is -0.781. The Bertz CT molecular complexity index is 1400. The maximum Gasteiger partial charge on any atom is 0.339 e. The van der Waals surface area contributed by atoms with Crippen molar-refractivity contribution in [3.63, 3.8) is 0 Å². The first-order valence-electron chi connectivity index (χ1n) is 12.2. The summed E-state index contributed by atoms with van der Waals surface area (Å²) >= 11 is 0. The maximum absolute atomic E-state index is 12.0. The number of carboxylic acids is 1. The van der Waals surface area contributed by atoms with Gasteiger partial charge >= 0.3 is 5.97 Å². The van der Waals surface area contributed by atoms with E-state index >= 15 is 0 Å². The summed E-state index contributed by atoms with van der Waals surface area (Å²) in [7, 11) is 1.84. The van der Waals surface area contributed by atoms with Crippen LogP contribution < -0.4 is 0 Å². The molecule has 0 amide bonds. The van der Waals surface area contributed by atoms with Crippen LogP contribution in [0.5, 0.6) is 0 Å². The summed E-state index contributed by atoms with van der Waals surface area (Å²) in [6.07, 6.45) is 4.18. The summed E-state index contributed by atoms with van der Waals surface area (Å²) in [5.41, 5.74) is 6.14. The van der Waals surface area contributed by atoms with Crippen molar-refractivity contribution in [2.45, 2.75) is 24.8 Å². The molecular formula is C27H28N6O3. The summed E-state index contributed by atoms with van der Waals surface area (Å²) in [6.45, 7) is 4.36. The Morgan fingerprint density at radius 1 is 1.08 bits per heavy atom. The third kappa shape index (κ3) is 4.43. The van der Waals surface area contributed by atoms with Gasteiger partial charge in [-0.2, -0.15) is 5.10 Å².